The number of aliphatic hydroxyl groups excluding tert-OH is 1. The van der Waals surface area contributed by atoms with Crippen LogP contribution in [0.15, 0.2) is 24.3 Å². The third kappa shape index (κ3) is 2.63. The van der Waals surface area contributed by atoms with Crippen molar-refractivity contribution in [3.05, 3.63) is 29.8 Å². The van der Waals surface area contributed by atoms with Crippen LogP contribution in [0.3, 0.4) is 0 Å². The van der Waals surface area contributed by atoms with Crippen LogP contribution in [-0.2, 0) is 0 Å². The summed E-state index contributed by atoms with van der Waals surface area (Å²) in [4.78, 5) is 0. The number of hydrogen-bond acceptors (Lipinski definition) is 2. The molecule has 2 nitrogen and oxygen atoms in total. The van der Waals surface area contributed by atoms with Crippen molar-refractivity contribution in [2.45, 2.75) is 44.1 Å². The van der Waals surface area contributed by atoms with Crippen molar-refractivity contribution in [3.8, 4) is 5.75 Å². The third-order valence-corrected chi connectivity index (χ3v) is 3.94. The molecule has 2 atom stereocenters. The normalized spacial score (nSPS) is 24.9. The van der Waals surface area contributed by atoms with Crippen molar-refractivity contribution in [2.75, 3.05) is 6.61 Å². The molecule has 17 heavy (non-hydrogen) atoms. The number of aliphatic hydroxyl groups is 1. The molecule has 0 radical (unpaired) electrons. The fourth-order valence-corrected chi connectivity index (χ4v) is 2.82. The van der Waals surface area contributed by atoms with Crippen molar-refractivity contribution in [3.63, 3.8) is 0 Å². The van der Waals surface area contributed by atoms with Crippen LogP contribution in [0.5, 0.6) is 5.75 Å². The lowest BCUT2D eigenvalue weighted by molar-refractivity contribution is 0.129. The minimum Gasteiger partial charge on any atom is -0.493 e. The Kier molecular flexibility index (Phi) is 3.06. The first kappa shape index (κ1) is 11.1. The van der Waals surface area contributed by atoms with Gasteiger partial charge in [0.1, 0.15) is 5.75 Å². The molecule has 1 fully saturated rings. The monoisotopic (exact) mass is 232 g/mol. The van der Waals surface area contributed by atoms with E-state index in [0.29, 0.717) is 5.92 Å². The maximum atomic E-state index is 10.1. The van der Waals surface area contributed by atoms with Gasteiger partial charge in [0, 0.05) is 0 Å². The van der Waals surface area contributed by atoms with Crippen molar-refractivity contribution in [1.29, 1.82) is 0 Å². The summed E-state index contributed by atoms with van der Waals surface area (Å²) in [7, 11) is 0. The molecule has 1 aromatic carbocycles. The number of ether oxygens (including phenoxy) is 1. The highest BCUT2D eigenvalue weighted by Crippen LogP contribution is 2.39. The number of rotatable bonds is 4. The molecule has 0 amide bonds. The maximum Gasteiger partial charge on any atom is 0.122 e. The first-order valence-electron chi connectivity index (χ1n) is 6.72. The Hall–Kier alpha value is -1.02. The van der Waals surface area contributed by atoms with E-state index in [1.54, 1.807) is 0 Å². The van der Waals surface area contributed by atoms with E-state index in [2.05, 4.69) is 12.1 Å². The van der Waals surface area contributed by atoms with E-state index in [1.807, 2.05) is 12.1 Å². The summed E-state index contributed by atoms with van der Waals surface area (Å²) in [6, 6.07) is 8.26. The van der Waals surface area contributed by atoms with E-state index in [0.717, 1.165) is 37.5 Å². The van der Waals surface area contributed by atoms with Crippen LogP contribution in [0, 0.1) is 5.92 Å². The van der Waals surface area contributed by atoms with Gasteiger partial charge < -0.3 is 9.84 Å². The smallest absolute Gasteiger partial charge is 0.122 e. The van der Waals surface area contributed by atoms with Gasteiger partial charge in [-0.1, -0.05) is 31.0 Å². The molecule has 0 bridgehead atoms. The van der Waals surface area contributed by atoms with Crippen molar-refractivity contribution in [2.24, 2.45) is 5.92 Å². The van der Waals surface area contributed by atoms with Crippen molar-refractivity contribution < 1.29 is 9.84 Å². The highest BCUT2D eigenvalue weighted by atomic mass is 16.5. The molecule has 1 aromatic rings. The molecule has 1 heterocycles. The first-order valence-corrected chi connectivity index (χ1v) is 6.72. The van der Waals surface area contributed by atoms with Gasteiger partial charge in [0.2, 0.25) is 0 Å². The number of para-hydroxylation sites is 1. The minimum atomic E-state index is -0.126. The summed E-state index contributed by atoms with van der Waals surface area (Å²) in [6.45, 7) is 0.790. The van der Waals surface area contributed by atoms with Crippen LogP contribution in [0.25, 0.3) is 0 Å². The van der Waals surface area contributed by atoms with E-state index >= 15 is 0 Å². The van der Waals surface area contributed by atoms with Gasteiger partial charge in [-0.25, -0.2) is 0 Å². The Morgan fingerprint density at radius 1 is 1.18 bits per heavy atom. The lowest BCUT2D eigenvalue weighted by Gasteiger charge is -2.27. The fraction of sp³-hybridized carbons (Fsp3) is 0.600. The maximum absolute atomic E-state index is 10.1. The highest BCUT2D eigenvalue weighted by molar-refractivity contribution is 5.37. The molecule has 0 saturated heterocycles. The average Bonchev–Trinajstić information content (AvgIpc) is 3.13. The largest absolute Gasteiger partial charge is 0.493 e. The molecule has 0 aromatic heterocycles. The average molecular weight is 232 g/mol. The van der Waals surface area contributed by atoms with Gasteiger partial charge in [-0.05, 0) is 42.7 Å². The standard InChI is InChI=1S/C15H20O2/c16-13(9-11-5-6-11)10-12-7-8-17-15-4-2-1-3-14(12)15/h1-4,11-13,16H,5-10H2. The second-order valence-corrected chi connectivity index (χ2v) is 5.44. The summed E-state index contributed by atoms with van der Waals surface area (Å²) >= 11 is 0. The fourth-order valence-electron chi connectivity index (χ4n) is 2.82. The summed E-state index contributed by atoms with van der Waals surface area (Å²) in [5.74, 6) is 2.30. The van der Waals surface area contributed by atoms with E-state index in [9.17, 15) is 5.11 Å². The van der Waals surface area contributed by atoms with E-state index in [1.165, 1.54) is 18.4 Å². The van der Waals surface area contributed by atoms with Crippen LogP contribution < -0.4 is 4.74 Å². The molecule has 2 heteroatoms. The number of fused-ring (bicyclic) bond motifs is 1. The molecule has 1 N–H and O–H groups in total. The predicted molar refractivity (Wildman–Crippen MR) is 67.3 cm³/mol. The lowest BCUT2D eigenvalue weighted by Crippen LogP contribution is -2.19. The summed E-state index contributed by atoms with van der Waals surface area (Å²) in [6.07, 6.45) is 5.46. The topological polar surface area (TPSA) is 29.5 Å². The van der Waals surface area contributed by atoms with Crippen LogP contribution in [-0.4, -0.2) is 17.8 Å². The van der Waals surface area contributed by atoms with Crippen LogP contribution in [0.4, 0.5) is 0 Å². The van der Waals surface area contributed by atoms with Gasteiger partial charge >= 0.3 is 0 Å². The van der Waals surface area contributed by atoms with Gasteiger partial charge in [-0.3, -0.25) is 0 Å². The van der Waals surface area contributed by atoms with Crippen LogP contribution >= 0.6 is 0 Å². The second kappa shape index (κ2) is 4.69. The van der Waals surface area contributed by atoms with Gasteiger partial charge in [-0.15, -0.1) is 0 Å². The van der Waals surface area contributed by atoms with Crippen LogP contribution in [0.2, 0.25) is 0 Å². The van der Waals surface area contributed by atoms with Gasteiger partial charge in [0.05, 0.1) is 12.7 Å². The van der Waals surface area contributed by atoms with Crippen molar-refractivity contribution >= 4 is 0 Å². The van der Waals surface area contributed by atoms with E-state index in [-0.39, 0.29) is 6.10 Å². The number of benzene rings is 1. The predicted octanol–water partition coefficient (Wildman–Crippen LogP) is 3.10. The summed E-state index contributed by atoms with van der Waals surface area (Å²) in [5.41, 5.74) is 1.29. The Bertz CT molecular complexity index is 384. The first-order chi connectivity index (χ1) is 8.33. The van der Waals surface area contributed by atoms with E-state index < -0.39 is 0 Å². The molecule has 1 saturated carbocycles. The Morgan fingerprint density at radius 3 is 2.82 bits per heavy atom. The lowest BCUT2D eigenvalue weighted by atomic mass is 9.87. The van der Waals surface area contributed by atoms with Crippen LogP contribution in [0.1, 0.15) is 43.6 Å². The molecule has 1 aliphatic heterocycles. The highest BCUT2D eigenvalue weighted by Gasteiger charge is 2.28. The molecular weight excluding hydrogens is 212 g/mol. The Morgan fingerprint density at radius 2 is 2.00 bits per heavy atom. The molecule has 2 aliphatic rings. The quantitative estimate of drug-likeness (QED) is 0.864. The summed E-state index contributed by atoms with van der Waals surface area (Å²) < 4.78 is 5.65. The molecule has 1 aliphatic carbocycles. The second-order valence-electron chi connectivity index (χ2n) is 5.44. The SMILES string of the molecule is OC(CC1CC1)CC1CCOc2ccccc21. The molecule has 2 unspecified atom stereocenters. The minimum absolute atomic E-state index is 0.126. The summed E-state index contributed by atoms with van der Waals surface area (Å²) in [5, 5.41) is 10.1. The molecule has 92 valence electrons. The van der Waals surface area contributed by atoms with E-state index in [4.69, 9.17) is 4.74 Å². The Balaban J connectivity index is 1.67. The van der Waals surface area contributed by atoms with Gasteiger partial charge in [-0.2, -0.15) is 0 Å². The van der Waals surface area contributed by atoms with Gasteiger partial charge in [0.25, 0.3) is 0 Å². The zero-order valence-electron chi connectivity index (χ0n) is 10.1. The zero-order valence-corrected chi connectivity index (χ0v) is 10.1. The third-order valence-electron chi connectivity index (χ3n) is 3.94. The van der Waals surface area contributed by atoms with Gasteiger partial charge in [0.15, 0.2) is 0 Å². The Labute approximate surface area is 103 Å². The number of hydrogen-bond donors (Lipinski definition) is 1. The molecular formula is C15H20O2. The molecule has 0 spiro atoms. The molecule has 3 rings (SSSR count). The zero-order chi connectivity index (χ0) is 11.7. The van der Waals surface area contributed by atoms with Crippen molar-refractivity contribution in [1.82, 2.24) is 0 Å².